The Bertz CT molecular complexity index is 426. The summed E-state index contributed by atoms with van der Waals surface area (Å²) in [6.07, 6.45) is 2.16. The van der Waals surface area contributed by atoms with E-state index < -0.39 is 0 Å². The van der Waals surface area contributed by atoms with Gasteiger partial charge in [-0.25, -0.2) is 0 Å². The maximum Gasteiger partial charge on any atom is 0.253 e. The molecule has 1 saturated heterocycles. The molecule has 0 radical (unpaired) electrons. The van der Waals surface area contributed by atoms with Crippen LogP contribution in [0.15, 0.2) is 24.3 Å². The summed E-state index contributed by atoms with van der Waals surface area (Å²) in [6.45, 7) is 2.74. The summed E-state index contributed by atoms with van der Waals surface area (Å²) in [5.74, 6) is 1.54. The quantitative estimate of drug-likeness (QED) is 0.899. The zero-order chi connectivity index (χ0) is 13.7. The number of piperidine rings is 1. The van der Waals surface area contributed by atoms with E-state index in [1.165, 1.54) is 0 Å². The number of benzene rings is 1. The van der Waals surface area contributed by atoms with Crippen molar-refractivity contribution < 1.29 is 9.53 Å². The van der Waals surface area contributed by atoms with Crippen molar-refractivity contribution in [1.82, 2.24) is 10.2 Å². The van der Waals surface area contributed by atoms with Crippen molar-refractivity contribution in [1.29, 1.82) is 0 Å². The lowest BCUT2D eigenvalue weighted by Crippen LogP contribution is -2.40. The monoisotopic (exact) mass is 262 g/mol. The predicted octanol–water partition coefficient (Wildman–Crippen LogP) is 1.77. The molecule has 0 aromatic heterocycles. The molecule has 4 nitrogen and oxygen atoms in total. The van der Waals surface area contributed by atoms with Crippen molar-refractivity contribution in [2.24, 2.45) is 5.92 Å². The second kappa shape index (κ2) is 6.57. The summed E-state index contributed by atoms with van der Waals surface area (Å²) < 4.78 is 5.16. The first-order chi connectivity index (χ1) is 9.24. The van der Waals surface area contributed by atoms with E-state index in [9.17, 15) is 4.79 Å². The molecule has 19 heavy (non-hydrogen) atoms. The van der Waals surface area contributed by atoms with Gasteiger partial charge in [-0.2, -0.15) is 0 Å². The predicted molar refractivity (Wildman–Crippen MR) is 75.5 cm³/mol. The maximum atomic E-state index is 12.4. The molecule has 0 bridgehead atoms. The third-order valence-electron chi connectivity index (χ3n) is 3.71. The number of methoxy groups -OCH3 is 1. The van der Waals surface area contributed by atoms with Crippen LogP contribution in [0.5, 0.6) is 5.75 Å². The van der Waals surface area contributed by atoms with E-state index in [1.54, 1.807) is 7.11 Å². The molecule has 0 unspecified atom stereocenters. The standard InChI is InChI=1S/C15H22N2O2/c1-16-11-12-6-8-17(9-7-12)15(18)13-4-3-5-14(10-13)19-2/h3-5,10,12,16H,6-9,11H2,1-2H3. The van der Waals surface area contributed by atoms with Crippen LogP contribution in [0.3, 0.4) is 0 Å². The smallest absolute Gasteiger partial charge is 0.253 e. The Kier molecular flexibility index (Phi) is 4.80. The first-order valence-electron chi connectivity index (χ1n) is 6.82. The molecule has 1 aliphatic rings. The maximum absolute atomic E-state index is 12.4. The summed E-state index contributed by atoms with van der Waals surface area (Å²) >= 11 is 0. The van der Waals surface area contributed by atoms with Crippen LogP contribution >= 0.6 is 0 Å². The number of carbonyl (C=O) groups excluding carboxylic acids is 1. The van der Waals surface area contributed by atoms with Gasteiger partial charge in [-0.1, -0.05) is 6.07 Å². The molecule has 1 N–H and O–H groups in total. The van der Waals surface area contributed by atoms with Gasteiger partial charge in [0.15, 0.2) is 0 Å². The molecule has 2 rings (SSSR count). The fourth-order valence-corrected chi connectivity index (χ4v) is 2.57. The number of hydrogen-bond donors (Lipinski definition) is 1. The van der Waals surface area contributed by atoms with Crippen LogP contribution in [0.25, 0.3) is 0 Å². The van der Waals surface area contributed by atoms with Gasteiger partial charge < -0.3 is 15.0 Å². The number of ether oxygens (including phenoxy) is 1. The highest BCUT2D eigenvalue weighted by atomic mass is 16.5. The second-order valence-corrected chi connectivity index (χ2v) is 5.03. The van der Waals surface area contributed by atoms with E-state index in [0.29, 0.717) is 11.5 Å². The Morgan fingerprint density at radius 2 is 2.16 bits per heavy atom. The zero-order valence-electron chi connectivity index (χ0n) is 11.7. The summed E-state index contributed by atoms with van der Waals surface area (Å²) in [5, 5.41) is 3.21. The minimum atomic E-state index is 0.113. The number of nitrogens with zero attached hydrogens (tertiary/aromatic N) is 1. The Balaban J connectivity index is 1.97. The van der Waals surface area contributed by atoms with E-state index in [4.69, 9.17) is 4.74 Å². The van der Waals surface area contributed by atoms with Crippen molar-refractivity contribution in [2.75, 3.05) is 33.8 Å². The van der Waals surface area contributed by atoms with Crippen molar-refractivity contribution in [2.45, 2.75) is 12.8 Å². The van der Waals surface area contributed by atoms with Gasteiger partial charge in [0.1, 0.15) is 5.75 Å². The highest BCUT2D eigenvalue weighted by Crippen LogP contribution is 2.20. The Labute approximate surface area is 114 Å². The van der Waals surface area contributed by atoms with Crippen molar-refractivity contribution in [3.63, 3.8) is 0 Å². The number of carbonyl (C=O) groups is 1. The number of nitrogens with one attached hydrogen (secondary N) is 1. The van der Waals surface area contributed by atoms with Gasteiger partial charge in [0, 0.05) is 18.7 Å². The molecule has 104 valence electrons. The number of rotatable bonds is 4. The van der Waals surface area contributed by atoms with Crippen molar-refractivity contribution >= 4 is 5.91 Å². The van der Waals surface area contributed by atoms with Gasteiger partial charge >= 0.3 is 0 Å². The molecule has 0 atom stereocenters. The third kappa shape index (κ3) is 3.47. The fraction of sp³-hybridized carbons (Fsp3) is 0.533. The van der Waals surface area contributed by atoms with Crippen LogP contribution in [0.4, 0.5) is 0 Å². The van der Waals surface area contributed by atoms with Gasteiger partial charge in [-0.3, -0.25) is 4.79 Å². The van der Waals surface area contributed by atoms with E-state index in [-0.39, 0.29) is 5.91 Å². The molecule has 1 aliphatic heterocycles. The van der Waals surface area contributed by atoms with E-state index in [2.05, 4.69) is 5.32 Å². The highest BCUT2D eigenvalue weighted by Gasteiger charge is 2.23. The lowest BCUT2D eigenvalue weighted by Gasteiger charge is -2.32. The summed E-state index contributed by atoms with van der Waals surface area (Å²) in [5.41, 5.74) is 0.714. The number of hydrogen-bond acceptors (Lipinski definition) is 3. The van der Waals surface area contributed by atoms with Crippen molar-refractivity contribution in [3.8, 4) is 5.75 Å². The molecule has 1 heterocycles. The summed E-state index contributed by atoms with van der Waals surface area (Å²) in [6, 6.07) is 7.38. The van der Waals surface area contributed by atoms with Crippen LogP contribution in [-0.2, 0) is 0 Å². The average molecular weight is 262 g/mol. The summed E-state index contributed by atoms with van der Waals surface area (Å²) in [4.78, 5) is 14.3. The Morgan fingerprint density at radius 1 is 1.42 bits per heavy atom. The Morgan fingerprint density at radius 3 is 2.79 bits per heavy atom. The highest BCUT2D eigenvalue weighted by molar-refractivity contribution is 5.94. The molecule has 1 aromatic rings. The molecular weight excluding hydrogens is 240 g/mol. The van der Waals surface area contributed by atoms with Crippen LogP contribution < -0.4 is 10.1 Å². The molecule has 1 aromatic carbocycles. The van der Waals surface area contributed by atoms with Crippen LogP contribution in [-0.4, -0.2) is 44.6 Å². The topological polar surface area (TPSA) is 41.6 Å². The first kappa shape index (κ1) is 13.9. The van der Waals surface area contributed by atoms with Gasteiger partial charge in [0.25, 0.3) is 5.91 Å². The lowest BCUT2D eigenvalue weighted by molar-refractivity contribution is 0.0690. The first-order valence-corrected chi connectivity index (χ1v) is 6.82. The molecule has 0 spiro atoms. The largest absolute Gasteiger partial charge is 0.497 e. The van der Waals surface area contributed by atoms with Gasteiger partial charge in [-0.05, 0) is 50.6 Å². The lowest BCUT2D eigenvalue weighted by atomic mass is 9.96. The number of likely N-dealkylation sites (tertiary alicyclic amines) is 1. The van der Waals surface area contributed by atoms with Gasteiger partial charge in [0.2, 0.25) is 0 Å². The minimum Gasteiger partial charge on any atom is -0.497 e. The molecular formula is C15H22N2O2. The minimum absolute atomic E-state index is 0.113. The fourth-order valence-electron chi connectivity index (χ4n) is 2.57. The number of amides is 1. The summed E-state index contributed by atoms with van der Waals surface area (Å²) in [7, 11) is 3.60. The van der Waals surface area contributed by atoms with Crippen LogP contribution in [0, 0.1) is 5.92 Å². The molecule has 1 amide bonds. The second-order valence-electron chi connectivity index (χ2n) is 5.03. The van der Waals surface area contributed by atoms with Gasteiger partial charge in [-0.15, -0.1) is 0 Å². The van der Waals surface area contributed by atoms with Crippen LogP contribution in [0.2, 0.25) is 0 Å². The molecule has 0 saturated carbocycles. The van der Waals surface area contributed by atoms with Crippen molar-refractivity contribution in [3.05, 3.63) is 29.8 Å². The third-order valence-corrected chi connectivity index (χ3v) is 3.71. The zero-order valence-corrected chi connectivity index (χ0v) is 11.7. The average Bonchev–Trinajstić information content (AvgIpc) is 2.48. The van der Waals surface area contributed by atoms with E-state index in [1.807, 2.05) is 36.2 Å². The normalized spacial score (nSPS) is 16.4. The van der Waals surface area contributed by atoms with Crippen LogP contribution in [0.1, 0.15) is 23.2 Å². The SMILES string of the molecule is CNCC1CCN(C(=O)c2cccc(OC)c2)CC1. The molecule has 0 aliphatic carbocycles. The van der Waals surface area contributed by atoms with E-state index in [0.717, 1.165) is 38.2 Å². The molecule has 4 heteroatoms. The Hall–Kier alpha value is -1.55. The van der Waals surface area contributed by atoms with E-state index >= 15 is 0 Å². The molecule has 1 fully saturated rings. The van der Waals surface area contributed by atoms with Gasteiger partial charge in [0.05, 0.1) is 7.11 Å².